The van der Waals surface area contributed by atoms with Crippen molar-refractivity contribution in [2.45, 2.75) is 16.7 Å². The Labute approximate surface area is 160 Å². The van der Waals surface area contributed by atoms with Crippen LogP contribution >= 0.6 is 11.6 Å². The molecule has 0 saturated carbocycles. The van der Waals surface area contributed by atoms with Crippen molar-refractivity contribution in [3.8, 4) is 0 Å². The van der Waals surface area contributed by atoms with Crippen molar-refractivity contribution in [3.63, 3.8) is 0 Å². The summed E-state index contributed by atoms with van der Waals surface area (Å²) < 4.78 is 50.2. The zero-order valence-corrected chi connectivity index (χ0v) is 15.5. The van der Waals surface area contributed by atoms with Gasteiger partial charge in [0, 0.05) is 11.2 Å². The van der Waals surface area contributed by atoms with Crippen LogP contribution in [0.2, 0.25) is 5.02 Å². The lowest BCUT2D eigenvalue weighted by molar-refractivity contribution is 0.235. The molecule has 0 aliphatic carbocycles. The fourth-order valence-corrected chi connectivity index (χ4v) is 3.74. The molecule has 4 nitrogen and oxygen atoms in total. The van der Waals surface area contributed by atoms with E-state index < -0.39 is 26.5 Å². The van der Waals surface area contributed by atoms with Gasteiger partial charge < -0.3 is 5.32 Å². The molecule has 0 saturated heterocycles. The van der Waals surface area contributed by atoms with Gasteiger partial charge in [0.15, 0.2) is 0 Å². The summed E-state index contributed by atoms with van der Waals surface area (Å²) in [7, 11) is -4.77. The molecule has 0 amide bonds. The van der Waals surface area contributed by atoms with Gasteiger partial charge in [0.25, 0.3) is 0 Å². The van der Waals surface area contributed by atoms with Gasteiger partial charge in [-0.15, -0.1) is 0 Å². The second-order valence-corrected chi connectivity index (χ2v) is 8.01. The molecule has 2 aromatic carbocycles. The van der Waals surface area contributed by atoms with E-state index in [9.17, 15) is 17.2 Å². The van der Waals surface area contributed by atoms with Crippen molar-refractivity contribution in [1.29, 1.82) is 0 Å². The fourth-order valence-electron chi connectivity index (χ4n) is 2.65. The topological polar surface area (TPSA) is 59.1 Å². The van der Waals surface area contributed by atoms with Crippen molar-refractivity contribution in [3.05, 3.63) is 89.2 Å². The molecule has 8 heteroatoms. The molecule has 0 spiro atoms. The highest BCUT2D eigenvalue weighted by Crippen LogP contribution is 2.32. The Balaban J connectivity index is 2.09. The highest BCUT2D eigenvalue weighted by Gasteiger charge is 2.30. The Morgan fingerprint density at radius 1 is 0.963 bits per heavy atom. The van der Waals surface area contributed by atoms with Crippen LogP contribution in [0, 0.1) is 0 Å². The predicted octanol–water partition coefficient (Wildman–Crippen LogP) is 4.93. The number of nitrogens with one attached hydrogen (secondary N) is 1. The minimum Gasteiger partial charge on any atom is -0.372 e. The molecule has 1 heterocycles. The first-order valence-corrected chi connectivity index (χ1v) is 9.86. The third kappa shape index (κ3) is 4.26. The van der Waals surface area contributed by atoms with E-state index in [0.717, 1.165) is 6.07 Å². The third-order valence-corrected chi connectivity index (χ3v) is 5.57. The summed E-state index contributed by atoms with van der Waals surface area (Å²) in [5, 5.41) is 3.52. The lowest BCUT2D eigenvalue weighted by Crippen LogP contribution is -2.18. The molecule has 1 aromatic heterocycles. The average molecular weight is 409 g/mol. The smallest absolute Gasteiger partial charge is 0.341 e. The van der Waals surface area contributed by atoms with E-state index in [1.54, 1.807) is 54.7 Å². The van der Waals surface area contributed by atoms with Crippen molar-refractivity contribution in [2.75, 3.05) is 5.32 Å². The lowest BCUT2D eigenvalue weighted by Gasteiger charge is -2.22. The Morgan fingerprint density at radius 2 is 1.70 bits per heavy atom. The van der Waals surface area contributed by atoms with Gasteiger partial charge >= 0.3 is 5.76 Å². The van der Waals surface area contributed by atoms with Gasteiger partial charge in [-0.3, -0.25) is 4.98 Å². The summed E-state index contributed by atoms with van der Waals surface area (Å²) in [6.07, 6.45) is 1.59. The maximum atomic E-state index is 13.1. The maximum Gasteiger partial charge on any atom is 0.341 e. The summed E-state index contributed by atoms with van der Waals surface area (Å²) >= 11 is 6.08. The van der Waals surface area contributed by atoms with Crippen LogP contribution in [-0.2, 0) is 9.84 Å². The van der Waals surface area contributed by atoms with Crippen LogP contribution in [0.5, 0.6) is 0 Å². The van der Waals surface area contributed by atoms with Crippen LogP contribution in [0.4, 0.5) is 14.5 Å². The Hall–Kier alpha value is -2.51. The molecule has 1 unspecified atom stereocenters. The first kappa shape index (κ1) is 19.3. The molecule has 0 fully saturated rings. The number of hydrogen-bond donors (Lipinski definition) is 1. The molecule has 1 N–H and O–H groups in total. The summed E-state index contributed by atoms with van der Waals surface area (Å²) in [6, 6.07) is 17.2. The van der Waals surface area contributed by atoms with Gasteiger partial charge in [0.05, 0.1) is 22.3 Å². The lowest BCUT2D eigenvalue weighted by atomic mass is 10.0. The molecular weight excluding hydrogens is 394 g/mol. The van der Waals surface area contributed by atoms with E-state index >= 15 is 0 Å². The number of aromatic nitrogens is 1. The van der Waals surface area contributed by atoms with E-state index in [1.165, 1.54) is 12.1 Å². The highest BCUT2D eigenvalue weighted by atomic mass is 35.5. The standard InChI is InChI=1S/C19H15ClF2N2O2S/c20-14-7-5-6-13(12-14)18(16-9-3-4-11-23-16)24-15-8-1-2-10-17(15)27(25,26)19(21)22/h1-12,18-19,24H. The van der Waals surface area contributed by atoms with Gasteiger partial charge in [0.1, 0.15) is 0 Å². The molecule has 140 valence electrons. The van der Waals surface area contributed by atoms with Gasteiger partial charge in [-0.25, -0.2) is 8.42 Å². The predicted molar refractivity (Wildman–Crippen MR) is 101 cm³/mol. The Morgan fingerprint density at radius 3 is 2.37 bits per heavy atom. The number of nitrogens with zero attached hydrogens (tertiary/aromatic N) is 1. The minimum atomic E-state index is -4.77. The van der Waals surface area contributed by atoms with Crippen LogP contribution in [-0.4, -0.2) is 19.2 Å². The molecule has 0 radical (unpaired) electrons. The van der Waals surface area contributed by atoms with Crippen molar-refractivity contribution in [2.24, 2.45) is 0 Å². The number of anilines is 1. The molecule has 1 atom stereocenters. The Bertz CT molecular complexity index is 1030. The van der Waals surface area contributed by atoms with Crippen molar-refractivity contribution in [1.82, 2.24) is 4.98 Å². The third-order valence-electron chi connectivity index (χ3n) is 3.89. The number of para-hydroxylation sites is 1. The van der Waals surface area contributed by atoms with Gasteiger partial charge in [0.2, 0.25) is 9.84 Å². The number of rotatable bonds is 6. The van der Waals surface area contributed by atoms with Crippen LogP contribution in [0.25, 0.3) is 0 Å². The van der Waals surface area contributed by atoms with Crippen molar-refractivity contribution >= 4 is 27.1 Å². The molecule has 0 bridgehead atoms. The normalized spacial score (nSPS) is 12.7. The molecule has 3 aromatic rings. The summed E-state index contributed by atoms with van der Waals surface area (Å²) in [4.78, 5) is 3.84. The largest absolute Gasteiger partial charge is 0.372 e. The van der Waals surface area contributed by atoms with Crippen LogP contribution in [0.1, 0.15) is 17.3 Å². The van der Waals surface area contributed by atoms with E-state index in [2.05, 4.69) is 10.3 Å². The zero-order chi connectivity index (χ0) is 19.4. The number of halogens is 3. The first-order valence-electron chi connectivity index (χ1n) is 7.93. The van der Waals surface area contributed by atoms with E-state index in [0.29, 0.717) is 16.3 Å². The van der Waals surface area contributed by atoms with Crippen LogP contribution < -0.4 is 5.32 Å². The number of alkyl halides is 2. The minimum absolute atomic E-state index is 0.0634. The number of hydrogen-bond acceptors (Lipinski definition) is 4. The fraction of sp³-hybridized carbons (Fsp3) is 0.105. The van der Waals surface area contributed by atoms with Crippen LogP contribution in [0.15, 0.2) is 77.8 Å². The first-order chi connectivity index (χ1) is 12.9. The van der Waals surface area contributed by atoms with Crippen LogP contribution in [0.3, 0.4) is 0 Å². The quantitative estimate of drug-likeness (QED) is 0.628. The molecule has 0 aliphatic heterocycles. The summed E-state index contributed by atoms with van der Waals surface area (Å²) in [5.74, 6) is -3.51. The second kappa shape index (κ2) is 8.02. The average Bonchev–Trinajstić information content (AvgIpc) is 2.67. The number of benzene rings is 2. The SMILES string of the molecule is O=S(=O)(c1ccccc1NC(c1cccc(Cl)c1)c1ccccn1)C(F)F. The molecule has 3 rings (SSSR count). The van der Waals surface area contributed by atoms with E-state index in [4.69, 9.17) is 11.6 Å². The zero-order valence-electron chi connectivity index (χ0n) is 13.9. The summed E-state index contributed by atoms with van der Waals surface area (Å²) in [5.41, 5.74) is 1.36. The molecule has 27 heavy (non-hydrogen) atoms. The van der Waals surface area contributed by atoms with E-state index in [-0.39, 0.29) is 5.69 Å². The van der Waals surface area contributed by atoms with Gasteiger partial charge in [-0.2, -0.15) is 8.78 Å². The number of pyridine rings is 1. The molecule has 0 aliphatic rings. The van der Waals surface area contributed by atoms with Crippen molar-refractivity contribution < 1.29 is 17.2 Å². The van der Waals surface area contributed by atoms with Gasteiger partial charge in [-0.05, 0) is 42.0 Å². The van der Waals surface area contributed by atoms with Gasteiger partial charge in [-0.1, -0.05) is 41.9 Å². The monoisotopic (exact) mass is 408 g/mol. The number of sulfone groups is 1. The Kier molecular flexibility index (Phi) is 5.72. The molecular formula is C19H15ClF2N2O2S. The van der Waals surface area contributed by atoms with E-state index in [1.807, 2.05) is 0 Å². The second-order valence-electron chi connectivity index (χ2n) is 5.69. The maximum absolute atomic E-state index is 13.1. The summed E-state index contributed by atoms with van der Waals surface area (Å²) in [6.45, 7) is 0. The highest BCUT2D eigenvalue weighted by molar-refractivity contribution is 7.91.